The van der Waals surface area contributed by atoms with E-state index in [9.17, 15) is 9.59 Å². The first-order valence-electron chi connectivity index (χ1n) is 6.84. The zero-order chi connectivity index (χ0) is 14.5. The molecule has 1 aliphatic heterocycles. The third-order valence-corrected chi connectivity index (χ3v) is 3.50. The van der Waals surface area contributed by atoms with Gasteiger partial charge in [-0.15, -0.1) is 0 Å². The summed E-state index contributed by atoms with van der Waals surface area (Å²) in [4.78, 5) is 25.3. The highest BCUT2D eigenvalue weighted by Gasteiger charge is 2.20. The highest BCUT2D eigenvalue weighted by molar-refractivity contribution is 5.92. The van der Waals surface area contributed by atoms with Crippen LogP contribution in [0.3, 0.4) is 0 Å². The zero-order valence-electron chi connectivity index (χ0n) is 11.9. The Kier molecular flexibility index (Phi) is 4.61. The van der Waals surface area contributed by atoms with Crippen molar-refractivity contribution >= 4 is 17.7 Å². The second-order valence-corrected chi connectivity index (χ2v) is 5.19. The third kappa shape index (κ3) is 3.50. The maximum absolute atomic E-state index is 12.1. The second kappa shape index (κ2) is 6.41. The molecule has 5 heteroatoms. The lowest BCUT2D eigenvalue weighted by atomic mass is 10.0. The number of rotatable bonds is 2. The van der Waals surface area contributed by atoms with Crippen LogP contribution < -0.4 is 5.32 Å². The Morgan fingerprint density at radius 1 is 1.30 bits per heavy atom. The van der Waals surface area contributed by atoms with E-state index in [1.165, 1.54) is 13.5 Å². The van der Waals surface area contributed by atoms with Gasteiger partial charge in [0.2, 0.25) is 0 Å². The Labute approximate surface area is 118 Å². The quantitative estimate of drug-likeness (QED) is 0.845. The van der Waals surface area contributed by atoms with Gasteiger partial charge in [-0.25, -0.2) is 9.59 Å². The number of likely N-dealkylation sites (tertiary alicyclic amines) is 1. The minimum absolute atomic E-state index is 0.0811. The van der Waals surface area contributed by atoms with E-state index in [0.29, 0.717) is 17.2 Å². The molecule has 1 atom stereocenters. The summed E-state index contributed by atoms with van der Waals surface area (Å²) in [5.74, 6) is 0.170. The van der Waals surface area contributed by atoms with Crippen LogP contribution in [0.15, 0.2) is 24.3 Å². The molecule has 108 valence electrons. The van der Waals surface area contributed by atoms with Crippen LogP contribution in [0.1, 0.15) is 30.1 Å². The number of nitrogens with one attached hydrogen (secondary N) is 1. The summed E-state index contributed by atoms with van der Waals surface area (Å²) < 4.78 is 4.63. The van der Waals surface area contributed by atoms with Gasteiger partial charge in [-0.1, -0.05) is 6.92 Å². The molecule has 0 radical (unpaired) electrons. The average Bonchev–Trinajstić information content (AvgIpc) is 2.47. The van der Waals surface area contributed by atoms with Crippen LogP contribution >= 0.6 is 0 Å². The second-order valence-electron chi connectivity index (χ2n) is 5.19. The first-order valence-corrected chi connectivity index (χ1v) is 6.84. The predicted octanol–water partition coefficient (Wildman–Crippen LogP) is 2.74. The molecular weight excluding hydrogens is 256 g/mol. The van der Waals surface area contributed by atoms with Gasteiger partial charge in [0, 0.05) is 18.8 Å². The van der Waals surface area contributed by atoms with Gasteiger partial charge in [-0.3, -0.25) is 0 Å². The van der Waals surface area contributed by atoms with Gasteiger partial charge in [0.1, 0.15) is 0 Å². The molecule has 1 heterocycles. The lowest BCUT2D eigenvalue weighted by Gasteiger charge is -2.30. The van der Waals surface area contributed by atoms with Gasteiger partial charge in [-0.2, -0.15) is 0 Å². The number of hydrogen-bond acceptors (Lipinski definition) is 3. The van der Waals surface area contributed by atoms with Crippen molar-refractivity contribution < 1.29 is 14.3 Å². The normalized spacial score (nSPS) is 18.5. The number of ether oxygens (including phenoxy) is 1. The highest BCUT2D eigenvalue weighted by Crippen LogP contribution is 2.17. The molecular formula is C15H20N2O3. The van der Waals surface area contributed by atoms with Gasteiger partial charge >= 0.3 is 12.0 Å². The minimum atomic E-state index is -0.382. The SMILES string of the molecule is COC(=O)c1ccc(NC(=O)N2CCCC(C)C2)cc1. The van der Waals surface area contributed by atoms with Crippen molar-refractivity contribution in [3.63, 3.8) is 0 Å². The first-order chi connectivity index (χ1) is 9.60. The fourth-order valence-corrected chi connectivity index (χ4v) is 2.38. The molecule has 1 aliphatic rings. The van der Waals surface area contributed by atoms with Crippen LogP contribution in [-0.2, 0) is 4.74 Å². The van der Waals surface area contributed by atoms with Gasteiger partial charge < -0.3 is 15.0 Å². The Morgan fingerprint density at radius 2 is 2.00 bits per heavy atom. The molecule has 0 bridgehead atoms. The number of hydrogen-bond donors (Lipinski definition) is 1. The van der Waals surface area contributed by atoms with Crippen LogP contribution in [0.4, 0.5) is 10.5 Å². The summed E-state index contributed by atoms with van der Waals surface area (Å²) in [6.07, 6.45) is 2.23. The molecule has 2 amide bonds. The topological polar surface area (TPSA) is 58.6 Å². The van der Waals surface area contributed by atoms with E-state index in [2.05, 4.69) is 17.0 Å². The van der Waals surface area contributed by atoms with Crippen LogP contribution in [0.2, 0.25) is 0 Å². The number of urea groups is 1. The number of amides is 2. The highest BCUT2D eigenvalue weighted by atomic mass is 16.5. The van der Waals surface area contributed by atoms with Crippen molar-refractivity contribution in [2.45, 2.75) is 19.8 Å². The molecule has 0 spiro atoms. The molecule has 1 saturated heterocycles. The third-order valence-electron chi connectivity index (χ3n) is 3.50. The summed E-state index contributed by atoms with van der Waals surface area (Å²) in [7, 11) is 1.34. The van der Waals surface area contributed by atoms with E-state index in [-0.39, 0.29) is 12.0 Å². The van der Waals surface area contributed by atoms with Crippen LogP contribution in [0.5, 0.6) is 0 Å². The number of carbonyl (C=O) groups is 2. The molecule has 0 saturated carbocycles. The fourth-order valence-electron chi connectivity index (χ4n) is 2.38. The molecule has 0 aromatic heterocycles. The summed E-state index contributed by atoms with van der Waals surface area (Å²) in [6.45, 7) is 3.76. The summed E-state index contributed by atoms with van der Waals surface area (Å²) >= 11 is 0. The van der Waals surface area contributed by atoms with Gasteiger partial charge in [0.05, 0.1) is 12.7 Å². The molecule has 1 fully saturated rings. The molecule has 1 N–H and O–H groups in total. The number of benzene rings is 1. The largest absolute Gasteiger partial charge is 0.465 e. The fraction of sp³-hybridized carbons (Fsp3) is 0.467. The van der Waals surface area contributed by atoms with E-state index in [4.69, 9.17) is 0 Å². The smallest absolute Gasteiger partial charge is 0.337 e. The number of esters is 1. The number of piperidine rings is 1. The summed E-state index contributed by atoms with van der Waals surface area (Å²) in [5.41, 5.74) is 1.15. The van der Waals surface area contributed by atoms with Crippen molar-refractivity contribution in [3.05, 3.63) is 29.8 Å². The van der Waals surface area contributed by atoms with Crippen LogP contribution in [0, 0.1) is 5.92 Å². The first kappa shape index (κ1) is 14.4. The molecule has 1 unspecified atom stereocenters. The van der Waals surface area contributed by atoms with Crippen molar-refractivity contribution in [3.8, 4) is 0 Å². The standard InChI is InChI=1S/C15H20N2O3/c1-11-4-3-9-17(10-11)15(19)16-13-7-5-12(6-8-13)14(18)20-2/h5-8,11H,3-4,9-10H2,1-2H3,(H,16,19). The zero-order valence-corrected chi connectivity index (χ0v) is 11.9. The number of methoxy groups -OCH3 is 1. The molecule has 1 aromatic rings. The maximum atomic E-state index is 12.1. The maximum Gasteiger partial charge on any atom is 0.337 e. The number of carbonyl (C=O) groups excluding carboxylic acids is 2. The Bertz CT molecular complexity index is 484. The molecule has 20 heavy (non-hydrogen) atoms. The summed E-state index contributed by atoms with van der Waals surface area (Å²) in [5, 5.41) is 2.85. The van der Waals surface area contributed by atoms with E-state index in [1.807, 2.05) is 4.90 Å². The molecule has 5 nitrogen and oxygen atoms in total. The monoisotopic (exact) mass is 276 g/mol. The van der Waals surface area contributed by atoms with E-state index in [0.717, 1.165) is 19.5 Å². The van der Waals surface area contributed by atoms with E-state index in [1.54, 1.807) is 24.3 Å². The van der Waals surface area contributed by atoms with Crippen molar-refractivity contribution in [1.29, 1.82) is 0 Å². The van der Waals surface area contributed by atoms with Gasteiger partial charge in [0.25, 0.3) is 0 Å². The number of nitrogens with zero attached hydrogens (tertiary/aromatic N) is 1. The lowest BCUT2D eigenvalue weighted by Crippen LogP contribution is -2.41. The molecule has 2 rings (SSSR count). The van der Waals surface area contributed by atoms with Crippen molar-refractivity contribution in [1.82, 2.24) is 4.90 Å². The average molecular weight is 276 g/mol. The van der Waals surface area contributed by atoms with E-state index >= 15 is 0 Å². The predicted molar refractivity (Wildman–Crippen MR) is 76.8 cm³/mol. The number of anilines is 1. The molecule has 1 aromatic carbocycles. The Hall–Kier alpha value is -2.04. The molecule has 0 aliphatic carbocycles. The van der Waals surface area contributed by atoms with Crippen molar-refractivity contribution in [2.24, 2.45) is 5.92 Å². The van der Waals surface area contributed by atoms with Crippen LogP contribution in [0.25, 0.3) is 0 Å². The Morgan fingerprint density at radius 3 is 2.60 bits per heavy atom. The summed E-state index contributed by atoms with van der Waals surface area (Å²) in [6, 6.07) is 6.61. The minimum Gasteiger partial charge on any atom is -0.465 e. The van der Waals surface area contributed by atoms with Gasteiger partial charge in [-0.05, 0) is 43.0 Å². The van der Waals surface area contributed by atoms with Gasteiger partial charge in [0.15, 0.2) is 0 Å². The van der Waals surface area contributed by atoms with Crippen LogP contribution in [-0.4, -0.2) is 37.1 Å². The Balaban J connectivity index is 1.95. The van der Waals surface area contributed by atoms with E-state index < -0.39 is 0 Å². The lowest BCUT2D eigenvalue weighted by molar-refractivity contribution is 0.0601. The van der Waals surface area contributed by atoms with Crippen molar-refractivity contribution in [2.75, 3.05) is 25.5 Å².